The average Bonchev–Trinajstić information content (AvgIpc) is 2.28. The van der Waals surface area contributed by atoms with Crippen LogP contribution in [-0.4, -0.2) is 17.9 Å². The number of nitrogens with two attached hydrogens (primary N) is 1. The topological polar surface area (TPSA) is 81.8 Å². The Morgan fingerprint density at radius 1 is 1.56 bits per heavy atom. The first kappa shape index (κ1) is 11.2. The van der Waals surface area contributed by atoms with Gasteiger partial charge in [-0.1, -0.05) is 11.6 Å². The molecule has 6 heteroatoms. The Labute approximate surface area is 96.7 Å². The summed E-state index contributed by atoms with van der Waals surface area (Å²) < 4.78 is 10.3. The molecule has 1 aliphatic rings. The van der Waals surface area contributed by atoms with Crippen molar-refractivity contribution in [2.24, 2.45) is 5.73 Å². The average molecular weight is 244 g/mol. The van der Waals surface area contributed by atoms with Gasteiger partial charge in [0.05, 0.1) is 6.61 Å². The first-order valence-electron chi connectivity index (χ1n) is 4.61. The lowest BCUT2D eigenvalue weighted by atomic mass is 10.00. The zero-order valence-electron chi connectivity index (χ0n) is 8.27. The van der Waals surface area contributed by atoms with Crippen LogP contribution >= 0.6 is 11.6 Å². The van der Waals surface area contributed by atoms with Crippen molar-refractivity contribution in [3.63, 3.8) is 0 Å². The Morgan fingerprint density at radius 2 is 2.31 bits per heavy atom. The molecular weight excluding hydrogens is 234 g/mol. The van der Waals surface area contributed by atoms with E-state index in [9.17, 15) is 4.79 Å². The van der Waals surface area contributed by atoms with Crippen molar-refractivity contribution in [3.8, 4) is 5.75 Å². The second kappa shape index (κ2) is 4.29. The summed E-state index contributed by atoms with van der Waals surface area (Å²) in [6.45, 7) is 0.405. The molecule has 16 heavy (non-hydrogen) atoms. The number of aliphatic carboxylic acids is 1. The van der Waals surface area contributed by atoms with Gasteiger partial charge in [0.15, 0.2) is 6.79 Å². The number of hydrogen-bond acceptors (Lipinski definition) is 4. The normalized spacial score (nSPS) is 16.1. The quantitative estimate of drug-likeness (QED) is 0.818. The molecule has 1 aromatic rings. The van der Waals surface area contributed by atoms with E-state index < -0.39 is 12.0 Å². The van der Waals surface area contributed by atoms with Crippen LogP contribution in [0, 0.1) is 0 Å². The highest BCUT2D eigenvalue weighted by Gasteiger charge is 2.25. The fourth-order valence-corrected chi connectivity index (χ4v) is 1.90. The summed E-state index contributed by atoms with van der Waals surface area (Å²) >= 11 is 5.95. The molecule has 1 aromatic carbocycles. The number of rotatable bonds is 2. The molecule has 0 aliphatic carbocycles. The first-order valence-corrected chi connectivity index (χ1v) is 4.99. The van der Waals surface area contributed by atoms with Crippen molar-refractivity contribution in [2.45, 2.75) is 12.6 Å². The van der Waals surface area contributed by atoms with Gasteiger partial charge in [-0.05, 0) is 12.1 Å². The highest BCUT2D eigenvalue weighted by Crippen LogP contribution is 2.34. The largest absolute Gasteiger partial charge is 0.480 e. The molecule has 0 spiro atoms. The highest BCUT2D eigenvalue weighted by molar-refractivity contribution is 6.31. The van der Waals surface area contributed by atoms with Crippen molar-refractivity contribution in [1.82, 2.24) is 0 Å². The number of ether oxygens (including phenoxy) is 2. The molecule has 0 saturated carbocycles. The second-order valence-corrected chi connectivity index (χ2v) is 3.77. The maximum absolute atomic E-state index is 10.9. The monoisotopic (exact) mass is 243 g/mol. The van der Waals surface area contributed by atoms with Crippen molar-refractivity contribution in [1.29, 1.82) is 0 Å². The first-order chi connectivity index (χ1) is 7.61. The van der Waals surface area contributed by atoms with Crippen molar-refractivity contribution in [3.05, 3.63) is 28.3 Å². The third kappa shape index (κ3) is 1.84. The standard InChI is InChI=1S/C10H10ClNO4/c11-6-1-2-7-5(3-15-4-16-7)8(6)9(12)10(13)14/h1-2,9H,3-4,12H2,(H,13,14). The van der Waals surface area contributed by atoms with Crippen LogP contribution < -0.4 is 10.5 Å². The molecule has 0 aromatic heterocycles. The maximum Gasteiger partial charge on any atom is 0.325 e. The number of carboxylic acid groups (broad SMARTS) is 1. The van der Waals surface area contributed by atoms with Crippen LogP contribution in [-0.2, 0) is 16.1 Å². The fourth-order valence-electron chi connectivity index (χ4n) is 1.61. The number of carbonyl (C=O) groups is 1. The molecule has 0 saturated heterocycles. The minimum Gasteiger partial charge on any atom is -0.480 e. The predicted octanol–water partition coefficient (Wildman–Crippen LogP) is 1.29. The van der Waals surface area contributed by atoms with E-state index in [-0.39, 0.29) is 13.4 Å². The number of benzene rings is 1. The summed E-state index contributed by atoms with van der Waals surface area (Å²) in [5.74, 6) is -0.566. The smallest absolute Gasteiger partial charge is 0.325 e. The Balaban J connectivity index is 2.53. The molecule has 3 N–H and O–H groups in total. The summed E-state index contributed by atoms with van der Waals surface area (Å²) in [5, 5.41) is 9.20. The zero-order valence-corrected chi connectivity index (χ0v) is 9.03. The van der Waals surface area contributed by atoms with Gasteiger partial charge in [-0.3, -0.25) is 4.79 Å². The van der Waals surface area contributed by atoms with E-state index in [0.29, 0.717) is 21.9 Å². The summed E-state index contributed by atoms with van der Waals surface area (Å²) in [7, 11) is 0. The van der Waals surface area contributed by atoms with Gasteiger partial charge in [0.2, 0.25) is 0 Å². The molecule has 0 fully saturated rings. The lowest BCUT2D eigenvalue weighted by molar-refractivity contribution is -0.138. The van der Waals surface area contributed by atoms with E-state index in [1.54, 1.807) is 12.1 Å². The van der Waals surface area contributed by atoms with Gasteiger partial charge in [-0.2, -0.15) is 0 Å². The number of carboxylic acids is 1. The molecule has 1 atom stereocenters. The molecule has 0 radical (unpaired) electrons. The van der Waals surface area contributed by atoms with Gasteiger partial charge in [-0.15, -0.1) is 0 Å². The molecule has 86 valence electrons. The van der Waals surface area contributed by atoms with Gasteiger partial charge < -0.3 is 20.3 Å². The molecule has 1 heterocycles. The fraction of sp³-hybridized carbons (Fsp3) is 0.300. The number of halogens is 1. The molecular formula is C10H10ClNO4. The second-order valence-electron chi connectivity index (χ2n) is 3.36. The zero-order chi connectivity index (χ0) is 11.7. The van der Waals surface area contributed by atoms with Crippen LogP contribution in [0.5, 0.6) is 5.75 Å². The van der Waals surface area contributed by atoms with Crippen LogP contribution in [0.3, 0.4) is 0 Å². The van der Waals surface area contributed by atoms with Gasteiger partial charge in [-0.25, -0.2) is 0 Å². The lowest BCUT2D eigenvalue weighted by Gasteiger charge is -2.22. The minimum absolute atomic E-state index is 0.149. The van der Waals surface area contributed by atoms with Gasteiger partial charge in [0, 0.05) is 16.1 Å². The predicted molar refractivity (Wildman–Crippen MR) is 56.3 cm³/mol. The third-order valence-corrected chi connectivity index (χ3v) is 2.71. The molecule has 2 rings (SSSR count). The van der Waals surface area contributed by atoms with Crippen LogP contribution in [0.1, 0.15) is 17.2 Å². The van der Waals surface area contributed by atoms with E-state index in [1.807, 2.05) is 0 Å². The van der Waals surface area contributed by atoms with Crippen molar-refractivity contribution < 1.29 is 19.4 Å². The molecule has 1 unspecified atom stereocenters. The van der Waals surface area contributed by atoms with Crippen LogP contribution in [0.4, 0.5) is 0 Å². The number of hydrogen-bond donors (Lipinski definition) is 2. The highest BCUT2D eigenvalue weighted by atomic mass is 35.5. The van der Waals surface area contributed by atoms with E-state index in [2.05, 4.69) is 0 Å². The van der Waals surface area contributed by atoms with E-state index in [0.717, 1.165) is 0 Å². The van der Waals surface area contributed by atoms with E-state index in [4.69, 9.17) is 31.9 Å². The summed E-state index contributed by atoms with van der Waals surface area (Å²) in [5.41, 5.74) is 6.53. The molecule has 5 nitrogen and oxygen atoms in total. The maximum atomic E-state index is 10.9. The van der Waals surface area contributed by atoms with Crippen LogP contribution in [0.15, 0.2) is 12.1 Å². The molecule has 1 aliphatic heterocycles. The van der Waals surface area contributed by atoms with Gasteiger partial charge in [0.1, 0.15) is 11.8 Å². The lowest BCUT2D eigenvalue weighted by Crippen LogP contribution is -2.24. The van der Waals surface area contributed by atoms with E-state index in [1.165, 1.54) is 0 Å². The van der Waals surface area contributed by atoms with Crippen molar-refractivity contribution >= 4 is 17.6 Å². The summed E-state index contributed by atoms with van der Waals surface area (Å²) in [6.07, 6.45) is 0. The number of fused-ring (bicyclic) bond motifs is 1. The van der Waals surface area contributed by atoms with Crippen molar-refractivity contribution in [2.75, 3.05) is 6.79 Å². The minimum atomic E-state index is -1.17. The Kier molecular flexibility index (Phi) is 3.00. The Morgan fingerprint density at radius 3 is 3.00 bits per heavy atom. The SMILES string of the molecule is NC(C(=O)O)c1c(Cl)ccc2c1COCO2. The Bertz CT molecular complexity index is 435. The third-order valence-electron chi connectivity index (χ3n) is 2.38. The van der Waals surface area contributed by atoms with Crippen LogP contribution in [0.2, 0.25) is 5.02 Å². The van der Waals surface area contributed by atoms with E-state index >= 15 is 0 Å². The van der Waals surface area contributed by atoms with Crippen LogP contribution in [0.25, 0.3) is 0 Å². The van der Waals surface area contributed by atoms with Gasteiger partial charge >= 0.3 is 5.97 Å². The molecule has 0 amide bonds. The van der Waals surface area contributed by atoms with Gasteiger partial charge in [0.25, 0.3) is 0 Å². The summed E-state index contributed by atoms with van der Waals surface area (Å²) in [4.78, 5) is 10.9. The molecule has 0 bridgehead atoms. The summed E-state index contributed by atoms with van der Waals surface area (Å²) in [6, 6.07) is 2.08. The Hall–Kier alpha value is -1.30.